The number of hydrogen-bond acceptors (Lipinski definition) is 4. The summed E-state index contributed by atoms with van der Waals surface area (Å²) in [5.41, 5.74) is 5.33. The SMILES string of the molecule is Cc1cc(N=Cc2c(C)[nH]n(-c3ccc(Br)c(C)c3C)c2=O)c([N+](=O)[O-])cc1C. The minimum atomic E-state index is -0.463. The number of benzene rings is 2. The van der Waals surface area contributed by atoms with Crippen LogP contribution >= 0.6 is 15.9 Å². The monoisotopic (exact) mass is 456 g/mol. The van der Waals surface area contributed by atoms with Gasteiger partial charge in [-0.15, -0.1) is 0 Å². The van der Waals surface area contributed by atoms with Crippen LogP contribution in [0.25, 0.3) is 5.69 Å². The molecule has 3 aromatic rings. The van der Waals surface area contributed by atoms with Gasteiger partial charge in [0.05, 0.1) is 16.2 Å². The van der Waals surface area contributed by atoms with E-state index in [1.54, 1.807) is 13.0 Å². The molecule has 7 nitrogen and oxygen atoms in total. The summed E-state index contributed by atoms with van der Waals surface area (Å²) in [5.74, 6) is 0. The van der Waals surface area contributed by atoms with Gasteiger partial charge in [0, 0.05) is 22.4 Å². The van der Waals surface area contributed by atoms with Crippen LogP contribution in [-0.2, 0) is 0 Å². The Bertz CT molecular complexity index is 1220. The van der Waals surface area contributed by atoms with Crippen LogP contribution in [0.2, 0.25) is 0 Å². The molecule has 0 unspecified atom stereocenters. The summed E-state index contributed by atoms with van der Waals surface area (Å²) >= 11 is 3.50. The second-order valence-electron chi connectivity index (χ2n) is 7.05. The lowest BCUT2D eigenvalue weighted by atomic mass is 10.1. The molecule has 0 saturated heterocycles. The highest BCUT2D eigenvalue weighted by molar-refractivity contribution is 9.10. The van der Waals surface area contributed by atoms with Crippen molar-refractivity contribution >= 4 is 33.5 Å². The fourth-order valence-corrected chi connectivity index (χ4v) is 3.50. The van der Waals surface area contributed by atoms with Crippen LogP contribution in [0.4, 0.5) is 11.4 Å². The molecule has 0 bridgehead atoms. The molecule has 29 heavy (non-hydrogen) atoms. The molecular weight excluding hydrogens is 436 g/mol. The fourth-order valence-electron chi connectivity index (χ4n) is 3.07. The molecule has 0 aliphatic carbocycles. The molecule has 0 amide bonds. The lowest BCUT2D eigenvalue weighted by molar-refractivity contribution is -0.384. The molecule has 0 atom stereocenters. The minimum absolute atomic E-state index is 0.0859. The molecule has 0 saturated carbocycles. The first-order valence-corrected chi connectivity index (χ1v) is 9.78. The van der Waals surface area contributed by atoms with Gasteiger partial charge in [-0.2, -0.15) is 0 Å². The van der Waals surface area contributed by atoms with Gasteiger partial charge in [-0.25, -0.2) is 9.67 Å². The van der Waals surface area contributed by atoms with Gasteiger partial charge in [-0.1, -0.05) is 15.9 Å². The molecule has 8 heteroatoms. The van der Waals surface area contributed by atoms with Crippen molar-refractivity contribution in [2.75, 3.05) is 0 Å². The van der Waals surface area contributed by atoms with Crippen molar-refractivity contribution in [1.82, 2.24) is 9.78 Å². The Morgan fingerprint density at radius 3 is 2.41 bits per heavy atom. The molecule has 0 fully saturated rings. The number of H-pyrrole nitrogens is 1. The second kappa shape index (κ2) is 7.79. The number of rotatable bonds is 4. The first-order valence-electron chi connectivity index (χ1n) is 8.99. The van der Waals surface area contributed by atoms with E-state index in [1.807, 2.05) is 39.8 Å². The maximum absolute atomic E-state index is 13.0. The van der Waals surface area contributed by atoms with Crippen LogP contribution in [0.3, 0.4) is 0 Å². The Labute approximate surface area is 176 Å². The summed E-state index contributed by atoms with van der Waals surface area (Å²) in [5, 5.41) is 14.4. The van der Waals surface area contributed by atoms with E-state index in [9.17, 15) is 14.9 Å². The molecule has 0 radical (unpaired) electrons. The van der Waals surface area contributed by atoms with E-state index in [-0.39, 0.29) is 16.9 Å². The normalized spacial score (nSPS) is 11.4. The van der Waals surface area contributed by atoms with Gasteiger partial charge in [-0.3, -0.25) is 20.0 Å². The van der Waals surface area contributed by atoms with Gasteiger partial charge in [0.15, 0.2) is 0 Å². The van der Waals surface area contributed by atoms with Crippen LogP contribution in [0.5, 0.6) is 0 Å². The largest absolute Gasteiger partial charge is 0.295 e. The predicted octanol–water partition coefficient (Wildman–Crippen LogP) is 5.13. The summed E-state index contributed by atoms with van der Waals surface area (Å²) in [6, 6.07) is 6.91. The maximum Gasteiger partial charge on any atom is 0.295 e. The average Bonchev–Trinajstić information content (AvgIpc) is 2.94. The Morgan fingerprint density at radius 2 is 1.76 bits per heavy atom. The number of aromatic nitrogens is 2. The number of nitrogens with zero attached hydrogens (tertiary/aromatic N) is 3. The van der Waals surface area contributed by atoms with Gasteiger partial charge >= 0.3 is 0 Å². The quantitative estimate of drug-likeness (QED) is 0.335. The van der Waals surface area contributed by atoms with E-state index < -0.39 is 4.92 Å². The van der Waals surface area contributed by atoms with E-state index in [4.69, 9.17) is 0 Å². The number of aryl methyl sites for hydroxylation is 3. The number of nitro benzene ring substituents is 1. The third kappa shape index (κ3) is 3.80. The van der Waals surface area contributed by atoms with Crippen molar-refractivity contribution in [3.63, 3.8) is 0 Å². The van der Waals surface area contributed by atoms with E-state index in [0.29, 0.717) is 11.3 Å². The Kier molecular flexibility index (Phi) is 5.57. The highest BCUT2D eigenvalue weighted by atomic mass is 79.9. The van der Waals surface area contributed by atoms with Crippen LogP contribution < -0.4 is 5.56 Å². The topological polar surface area (TPSA) is 93.3 Å². The van der Waals surface area contributed by atoms with Gasteiger partial charge in [0.25, 0.3) is 11.2 Å². The van der Waals surface area contributed by atoms with E-state index >= 15 is 0 Å². The number of aromatic amines is 1. The van der Waals surface area contributed by atoms with Gasteiger partial charge in [0.1, 0.15) is 5.69 Å². The zero-order chi connectivity index (χ0) is 21.5. The van der Waals surface area contributed by atoms with Crippen molar-refractivity contribution in [3.05, 3.63) is 82.7 Å². The molecule has 1 heterocycles. The molecule has 2 aromatic carbocycles. The van der Waals surface area contributed by atoms with Crippen LogP contribution in [0.15, 0.2) is 38.5 Å². The first kappa shape index (κ1) is 20.7. The van der Waals surface area contributed by atoms with Crippen molar-refractivity contribution in [1.29, 1.82) is 0 Å². The first-order chi connectivity index (χ1) is 13.6. The zero-order valence-electron chi connectivity index (χ0n) is 16.8. The van der Waals surface area contributed by atoms with Crippen LogP contribution in [0, 0.1) is 44.7 Å². The average molecular weight is 457 g/mol. The minimum Gasteiger partial charge on any atom is -0.295 e. The Balaban J connectivity index is 2.10. The summed E-state index contributed by atoms with van der Waals surface area (Å²) in [6.07, 6.45) is 1.39. The van der Waals surface area contributed by atoms with Crippen LogP contribution in [0.1, 0.15) is 33.5 Å². The number of halogens is 1. The standard InChI is InChI=1S/C21H21BrN4O3/c1-11-8-18(20(26(28)29)9-12(11)2)23-10-16-15(5)24-25(21(16)27)19-7-6-17(22)13(3)14(19)4/h6-10,24H,1-5H3. The van der Waals surface area contributed by atoms with Crippen molar-refractivity contribution in [3.8, 4) is 5.69 Å². The predicted molar refractivity (Wildman–Crippen MR) is 118 cm³/mol. The van der Waals surface area contributed by atoms with Crippen molar-refractivity contribution in [2.24, 2.45) is 4.99 Å². The number of nitrogens with one attached hydrogen (secondary N) is 1. The van der Waals surface area contributed by atoms with Gasteiger partial charge in [0.2, 0.25) is 0 Å². The fraction of sp³-hybridized carbons (Fsp3) is 0.238. The lowest BCUT2D eigenvalue weighted by Gasteiger charge is -2.10. The summed E-state index contributed by atoms with van der Waals surface area (Å²) in [6.45, 7) is 9.38. The van der Waals surface area contributed by atoms with Crippen molar-refractivity contribution < 1.29 is 4.92 Å². The number of hydrogen-bond donors (Lipinski definition) is 1. The third-order valence-electron chi connectivity index (χ3n) is 5.17. The van der Waals surface area contributed by atoms with Crippen molar-refractivity contribution in [2.45, 2.75) is 34.6 Å². The van der Waals surface area contributed by atoms with Gasteiger partial charge < -0.3 is 0 Å². The van der Waals surface area contributed by atoms with E-state index in [0.717, 1.165) is 32.4 Å². The molecule has 0 aliphatic heterocycles. The van der Waals surface area contributed by atoms with Gasteiger partial charge in [-0.05, 0) is 75.1 Å². The molecular formula is C21H21BrN4O3. The summed E-state index contributed by atoms with van der Waals surface area (Å²) in [4.78, 5) is 28.2. The molecule has 1 aromatic heterocycles. The van der Waals surface area contributed by atoms with Crippen LogP contribution in [-0.4, -0.2) is 20.9 Å². The molecule has 150 valence electrons. The van der Waals surface area contributed by atoms with E-state index in [1.165, 1.54) is 17.0 Å². The second-order valence-corrected chi connectivity index (χ2v) is 7.90. The molecule has 1 N–H and O–H groups in total. The molecule has 0 spiro atoms. The highest BCUT2D eigenvalue weighted by Gasteiger charge is 2.17. The summed E-state index contributed by atoms with van der Waals surface area (Å²) in [7, 11) is 0. The maximum atomic E-state index is 13.0. The zero-order valence-corrected chi connectivity index (χ0v) is 18.4. The molecule has 0 aliphatic rings. The molecule has 3 rings (SSSR count). The summed E-state index contributed by atoms with van der Waals surface area (Å²) < 4.78 is 2.44. The Hall–Kier alpha value is -3.00. The Morgan fingerprint density at radius 1 is 1.10 bits per heavy atom. The smallest absolute Gasteiger partial charge is 0.295 e. The number of aliphatic imine (C=N–C) groups is 1. The highest BCUT2D eigenvalue weighted by Crippen LogP contribution is 2.30. The lowest BCUT2D eigenvalue weighted by Crippen LogP contribution is -2.18. The number of nitro groups is 1. The third-order valence-corrected chi connectivity index (χ3v) is 6.03. The van der Waals surface area contributed by atoms with E-state index in [2.05, 4.69) is 26.0 Å².